The van der Waals surface area contributed by atoms with Crippen molar-refractivity contribution in [2.45, 2.75) is 44.8 Å². The molecule has 1 unspecified atom stereocenters. The second-order valence-corrected chi connectivity index (χ2v) is 8.42. The average Bonchev–Trinajstić information content (AvgIpc) is 3.33. The Morgan fingerprint density at radius 2 is 1.76 bits per heavy atom. The van der Waals surface area contributed by atoms with Crippen LogP contribution in [0.5, 0.6) is 0 Å². The molecule has 3 nitrogen and oxygen atoms in total. The summed E-state index contributed by atoms with van der Waals surface area (Å²) in [4.78, 5) is 12.4. The lowest BCUT2D eigenvalue weighted by molar-refractivity contribution is 0.0496. The van der Waals surface area contributed by atoms with Crippen molar-refractivity contribution in [2.24, 2.45) is 5.92 Å². The smallest absolute Gasteiger partial charge is 0.408 e. The number of hydrogen-bond donors (Lipinski definition) is 1. The van der Waals surface area contributed by atoms with Gasteiger partial charge in [-0.05, 0) is 56.2 Å². The molecule has 0 aliphatic heterocycles. The minimum Gasteiger partial charge on any atom is -0.444 e. The molecule has 0 saturated heterocycles. The Bertz CT molecular complexity index is 739. The largest absolute Gasteiger partial charge is 0.444 e. The number of rotatable bonds is 4. The number of carbonyl (C=O) groups excluding carboxylic acids is 1. The van der Waals surface area contributed by atoms with Crippen molar-refractivity contribution < 1.29 is 9.53 Å². The van der Waals surface area contributed by atoms with E-state index >= 15 is 0 Å². The van der Waals surface area contributed by atoms with Gasteiger partial charge in [-0.3, -0.25) is 0 Å². The van der Waals surface area contributed by atoms with Crippen molar-refractivity contribution in [2.75, 3.05) is 0 Å². The molecule has 1 N–H and O–H groups in total. The lowest BCUT2D eigenvalue weighted by Gasteiger charge is -2.25. The molecule has 2 aromatic rings. The van der Waals surface area contributed by atoms with E-state index in [-0.39, 0.29) is 12.1 Å². The van der Waals surface area contributed by atoms with Gasteiger partial charge in [0, 0.05) is 4.47 Å². The predicted molar refractivity (Wildman–Crippen MR) is 104 cm³/mol. The second-order valence-electron chi connectivity index (χ2n) is 7.56. The zero-order valence-corrected chi connectivity index (χ0v) is 16.4. The van der Waals surface area contributed by atoms with Crippen molar-refractivity contribution >= 4 is 22.0 Å². The number of amides is 1. The third-order valence-electron chi connectivity index (χ3n) is 4.41. The quantitative estimate of drug-likeness (QED) is 0.700. The standard InChI is InChI=1S/C21H24BrNO2/c1-21(2,3)25-20(24)23-19(15-11-7-8-12-18(15)22)17-13-16(17)14-9-5-4-6-10-14/h4-12,16-17,19H,13H2,1-3H3,(H,23,24)/t16-,17-,19?/m0/s1. The van der Waals surface area contributed by atoms with Gasteiger partial charge in [0.15, 0.2) is 0 Å². The molecule has 1 fully saturated rings. The van der Waals surface area contributed by atoms with E-state index in [1.165, 1.54) is 5.56 Å². The summed E-state index contributed by atoms with van der Waals surface area (Å²) in [5.41, 5.74) is 1.91. The van der Waals surface area contributed by atoms with Crippen LogP contribution < -0.4 is 5.32 Å². The van der Waals surface area contributed by atoms with Gasteiger partial charge in [0.25, 0.3) is 0 Å². The van der Waals surface area contributed by atoms with Gasteiger partial charge < -0.3 is 10.1 Å². The highest BCUT2D eigenvalue weighted by molar-refractivity contribution is 9.10. The number of hydrogen-bond acceptors (Lipinski definition) is 2. The van der Waals surface area contributed by atoms with E-state index in [1.807, 2.05) is 45.0 Å². The van der Waals surface area contributed by atoms with Gasteiger partial charge in [-0.2, -0.15) is 0 Å². The van der Waals surface area contributed by atoms with Crippen LogP contribution in [0.1, 0.15) is 50.3 Å². The van der Waals surface area contributed by atoms with Gasteiger partial charge in [0.2, 0.25) is 0 Å². The molecule has 1 aliphatic carbocycles. The zero-order chi connectivity index (χ0) is 18.0. The average molecular weight is 402 g/mol. The molecular weight excluding hydrogens is 378 g/mol. The van der Waals surface area contributed by atoms with E-state index in [9.17, 15) is 4.79 Å². The third-order valence-corrected chi connectivity index (χ3v) is 5.13. The number of halogens is 1. The molecule has 3 rings (SSSR count). The maximum Gasteiger partial charge on any atom is 0.408 e. The van der Waals surface area contributed by atoms with Crippen LogP contribution in [0.4, 0.5) is 4.79 Å². The topological polar surface area (TPSA) is 38.3 Å². The monoisotopic (exact) mass is 401 g/mol. The van der Waals surface area contributed by atoms with Gasteiger partial charge in [0.05, 0.1) is 6.04 Å². The van der Waals surface area contributed by atoms with Gasteiger partial charge in [-0.15, -0.1) is 0 Å². The maximum atomic E-state index is 12.4. The highest BCUT2D eigenvalue weighted by Gasteiger charge is 2.45. The van der Waals surface area contributed by atoms with Crippen LogP contribution in [0, 0.1) is 5.92 Å². The maximum absolute atomic E-state index is 12.4. The molecule has 2 aromatic carbocycles. The van der Waals surface area contributed by atoms with E-state index in [0.29, 0.717) is 11.8 Å². The molecule has 1 amide bonds. The van der Waals surface area contributed by atoms with Crippen molar-refractivity contribution in [1.29, 1.82) is 0 Å². The summed E-state index contributed by atoms with van der Waals surface area (Å²) in [6.45, 7) is 5.64. The number of carbonyl (C=O) groups is 1. The summed E-state index contributed by atoms with van der Waals surface area (Å²) in [5, 5.41) is 3.10. The Kier molecular flexibility index (Phi) is 5.19. The van der Waals surface area contributed by atoms with Crippen LogP contribution in [0.3, 0.4) is 0 Å². The molecule has 0 heterocycles. The summed E-state index contributed by atoms with van der Waals surface area (Å²) in [5.74, 6) is 0.835. The molecule has 0 bridgehead atoms. The predicted octanol–water partition coefficient (Wildman–Crippen LogP) is 5.82. The van der Waals surface area contributed by atoms with E-state index in [0.717, 1.165) is 16.5 Å². The summed E-state index contributed by atoms with van der Waals surface area (Å²) in [6, 6.07) is 18.5. The minimum atomic E-state index is -0.509. The Morgan fingerprint density at radius 3 is 2.40 bits per heavy atom. The van der Waals surface area contributed by atoms with Crippen molar-refractivity contribution in [3.05, 3.63) is 70.2 Å². The Balaban J connectivity index is 1.81. The fraction of sp³-hybridized carbons (Fsp3) is 0.381. The van der Waals surface area contributed by atoms with E-state index in [2.05, 4.69) is 51.6 Å². The van der Waals surface area contributed by atoms with Gasteiger partial charge in [0.1, 0.15) is 5.60 Å². The van der Waals surface area contributed by atoms with Gasteiger partial charge in [-0.25, -0.2) is 4.79 Å². The first-order chi connectivity index (χ1) is 11.8. The Labute approximate surface area is 157 Å². The molecule has 132 valence electrons. The molecular formula is C21H24BrNO2. The van der Waals surface area contributed by atoms with Crippen LogP contribution >= 0.6 is 15.9 Å². The molecule has 1 saturated carbocycles. The number of nitrogens with one attached hydrogen (secondary N) is 1. The SMILES string of the molecule is CC(C)(C)OC(=O)NC(c1ccccc1Br)[C@H]1C[C@H]1c1ccccc1. The fourth-order valence-corrected chi connectivity index (χ4v) is 3.78. The van der Waals surface area contributed by atoms with E-state index in [4.69, 9.17) is 4.74 Å². The van der Waals surface area contributed by atoms with E-state index < -0.39 is 5.60 Å². The zero-order valence-electron chi connectivity index (χ0n) is 14.8. The lowest BCUT2D eigenvalue weighted by Crippen LogP contribution is -2.36. The van der Waals surface area contributed by atoms with Gasteiger partial charge in [-0.1, -0.05) is 64.5 Å². The van der Waals surface area contributed by atoms with Crippen LogP contribution in [-0.2, 0) is 4.74 Å². The minimum absolute atomic E-state index is 0.0735. The molecule has 0 radical (unpaired) electrons. The summed E-state index contributed by atoms with van der Waals surface area (Å²) >= 11 is 3.63. The summed E-state index contributed by atoms with van der Waals surface area (Å²) in [6.07, 6.45) is 0.693. The molecule has 3 atom stereocenters. The highest BCUT2D eigenvalue weighted by Crippen LogP contribution is 2.54. The fourth-order valence-electron chi connectivity index (χ4n) is 3.24. The highest BCUT2D eigenvalue weighted by atomic mass is 79.9. The summed E-state index contributed by atoms with van der Waals surface area (Å²) in [7, 11) is 0. The number of benzene rings is 2. The van der Waals surface area contributed by atoms with Gasteiger partial charge >= 0.3 is 6.09 Å². The molecule has 1 aliphatic rings. The van der Waals surface area contributed by atoms with Crippen LogP contribution in [0.25, 0.3) is 0 Å². The van der Waals surface area contributed by atoms with Crippen LogP contribution in [-0.4, -0.2) is 11.7 Å². The third kappa shape index (κ3) is 4.63. The molecule has 0 spiro atoms. The normalized spacial score (nSPS) is 20.6. The van der Waals surface area contributed by atoms with E-state index in [1.54, 1.807) is 0 Å². The van der Waals surface area contributed by atoms with Crippen molar-refractivity contribution in [3.63, 3.8) is 0 Å². The van der Waals surface area contributed by atoms with Crippen molar-refractivity contribution in [1.82, 2.24) is 5.32 Å². The lowest BCUT2D eigenvalue weighted by atomic mass is 9.99. The molecule has 25 heavy (non-hydrogen) atoms. The number of ether oxygens (including phenoxy) is 1. The first kappa shape index (κ1) is 18.0. The first-order valence-electron chi connectivity index (χ1n) is 8.64. The molecule has 4 heteroatoms. The van der Waals surface area contributed by atoms with Crippen molar-refractivity contribution in [3.8, 4) is 0 Å². The Morgan fingerprint density at radius 1 is 1.12 bits per heavy atom. The summed E-state index contributed by atoms with van der Waals surface area (Å²) < 4.78 is 6.49. The molecule has 0 aromatic heterocycles. The Hall–Kier alpha value is -1.81. The number of alkyl carbamates (subject to hydrolysis) is 1. The van der Waals surface area contributed by atoms with Crippen LogP contribution in [0.15, 0.2) is 59.1 Å². The second kappa shape index (κ2) is 7.20. The first-order valence-corrected chi connectivity index (χ1v) is 9.43. The van der Waals surface area contributed by atoms with Crippen LogP contribution in [0.2, 0.25) is 0 Å².